The van der Waals surface area contributed by atoms with E-state index in [4.69, 9.17) is 9.47 Å². The van der Waals surface area contributed by atoms with Gasteiger partial charge in [0.2, 0.25) is 0 Å². The summed E-state index contributed by atoms with van der Waals surface area (Å²) in [6, 6.07) is 11.4. The van der Waals surface area contributed by atoms with E-state index >= 15 is 0 Å². The molecule has 2 aromatic carbocycles. The molecule has 0 unspecified atom stereocenters. The van der Waals surface area contributed by atoms with Crippen molar-refractivity contribution >= 4 is 11.6 Å². The van der Waals surface area contributed by atoms with Crippen molar-refractivity contribution in [1.29, 1.82) is 0 Å². The first kappa shape index (κ1) is 17.5. The molecule has 0 aliphatic carbocycles. The summed E-state index contributed by atoms with van der Waals surface area (Å²) in [5, 5.41) is 6.91. The summed E-state index contributed by atoms with van der Waals surface area (Å²) in [5.74, 6) is 0.410. The van der Waals surface area contributed by atoms with Crippen molar-refractivity contribution in [3.63, 3.8) is 0 Å². The van der Waals surface area contributed by atoms with E-state index in [-0.39, 0.29) is 18.3 Å². The Morgan fingerprint density at radius 2 is 1.92 bits per heavy atom. The number of hydrogen-bond donors (Lipinski definition) is 1. The molecule has 3 rings (SSSR count). The molecule has 0 fully saturated rings. The molecule has 0 bridgehead atoms. The van der Waals surface area contributed by atoms with Crippen molar-refractivity contribution in [2.24, 2.45) is 0 Å². The molecule has 0 saturated carbocycles. The molecule has 1 amide bonds. The molecule has 6 nitrogen and oxygen atoms in total. The highest BCUT2D eigenvalue weighted by atomic mass is 19.1. The molecular weight excluding hydrogens is 337 g/mol. The number of nitrogens with one attached hydrogen (secondary N) is 1. The van der Waals surface area contributed by atoms with E-state index in [9.17, 15) is 9.18 Å². The van der Waals surface area contributed by atoms with Crippen LogP contribution in [0.3, 0.4) is 0 Å². The second-order valence-corrected chi connectivity index (χ2v) is 5.54. The summed E-state index contributed by atoms with van der Waals surface area (Å²) in [4.78, 5) is 12.4. The zero-order valence-electron chi connectivity index (χ0n) is 14.4. The van der Waals surface area contributed by atoms with Gasteiger partial charge in [-0.3, -0.25) is 9.48 Å². The predicted molar refractivity (Wildman–Crippen MR) is 95.2 cm³/mol. The molecule has 3 aromatic rings. The molecule has 0 saturated heterocycles. The van der Waals surface area contributed by atoms with Crippen LogP contribution in [0.2, 0.25) is 0 Å². The van der Waals surface area contributed by atoms with Gasteiger partial charge in [0.1, 0.15) is 5.82 Å². The molecule has 0 aliphatic rings. The number of carbonyl (C=O) groups excluding carboxylic acids is 1. The van der Waals surface area contributed by atoms with Crippen LogP contribution in [0.25, 0.3) is 0 Å². The third kappa shape index (κ3) is 3.83. The molecule has 26 heavy (non-hydrogen) atoms. The number of anilines is 1. The first-order chi connectivity index (χ1) is 12.6. The van der Waals surface area contributed by atoms with Gasteiger partial charge in [0.15, 0.2) is 11.5 Å². The predicted octanol–water partition coefficient (Wildman–Crippen LogP) is 3.34. The fourth-order valence-corrected chi connectivity index (χ4v) is 2.50. The van der Waals surface area contributed by atoms with E-state index in [1.54, 1.807) is 47.3 Å². The number of hydrogen-bond acceptors (Lipinski definition) is 4. The second-order valence-electron chi connectivity index (χ2n) is 5.54. The Hall–Kier alpha value is -3.35. The van der Waals surface area contributed by atoms with Crippen LogP contribution in [0, 0.1) is 5.82 Å². The quantitative estimate of drug-likeness (QED) is 0.736. The SMILES string of the molecule is COc1ccc(C(=O)Nc2cnn(Cc3ccccc3F)c2)cc1OC. The largest absolute Gasteiger partial charge is 0.493 e. The Bertz CT molecular complexity index is 924. The smallest absolute Gasteiger partial charge is 0.255 e. The van der Waals surface area contributed by atoms with Gasteiger partial charge in [0.05, 0.1) is 32.6 Å². The van der Waals surface area contributed by atoms with Crippen LogP contribution >= 0.6 is 0 Å². The van der Waals surface area contributed by atoms with E-state index in [0.717, 1.165) is 0 Å². The van der Waals surface area contributed by atoms with Crippen molar-refractivity contribution in [3.8, 4) is 11.5 Å². The van der Waals surface area contributed by atoms with Crippen molar-refractivity contribution in [2.45, 2.75) is 6.54 Å². The van der Waals surface area contributed by atoms with E-state index in [0.29, 0.717) is 28.3 Å². The Kier molecular flexibility index (Phi) is 5.17. The van der Waals surface area contributed by atoms with Crippen LogP contribution < -0.4 is 14.8 Å². The van der Waals surface area contributed by atoms with Crippen LogP contribution in [0.1, 0.15) is 15.9 Å². The fourth-order valence-electron chi connectivity index (χ4n) is 2.50. The lowest BCUT2D eigenvalue weighted by Crippen LogP contribution is -2.11. The van der Waals surface area contributed by atoms with E-state index in [1.807, 2.05) is 0 Å². The molecule has 1 aromatic heterocycles. The monoisotopic (exact) mass is 355 g/mol. The molecular formula is C19H18FN3O3. The summed E-state index contributed by atoms with van der Waals surface area (Å²) in [6.07, 6.45) is 3.16. The minimum absolute atomic E-state index is 0.277. The molecule has 0 aliphatic heterocycles. The van der Waals surface area contributed by atoms with Gasteiger partial charge in [-0.05, 0) is 24.3 Å². The van der Waals surface area contributed by atoms with Crippen molar-refractivity contribution in [1.82, 2.24) is 9.78 Å². The number of methoxy groups -OCH3 is 2. The minimum Gasteiger partial charge on any atom is -0.493 e. The van der Waals surface area contributed by atoms with Gasteiger partial charge in [-0.25, -0.2) is 4.39 Å². The number of aromatic nitrogens is 2. The third-order valence-electron chi connectivity index (χ3n) is 3.83. The first-order valence-electron chi connectivity index (χ1n) is 7.90. The zero-order chi connectivity index (χ0) is 18.5. The van der Waals surface area contributed by atoms with Crippen LogP contribution in [-0.2, 0) is 6.54 Å². The Labute approximate surface area is 150 Å². The summed E-state index contributed by atoms with van der Waals surface area (Å²) in [6.45, 7) is 0.277. The molecule has 7 heteroatoms. The van der Waals surface area contributed by atoms with E-state index in [2.05, 4.69) is 10.4 Å². The van der Waals surface area contributed by atoms with Gasteiger partial charge < -0.3 is 14.8 Å². The molecule has 0 radical (unpaired) electrons. The van der Waals surface area contributed by atoms with Crippen LogP contribution in [0.5, 0.6) is 11.5 Å². The van der Waals surface area contributed by atoms with Gasteiger partial charge in [0.25, 0.3) is 5.91 Å². The lowest BCUT2D eigenvalue weighted by molar-refractivity contribution is 0.102. The van der Waals surface area contributed by atoms with Crippen LogP contribution in [0.15, 0.2) is 54.9 Å². The maximum atomic E-state index is 13.7. The van der Waals surface area contributed by atoms with Gasteiger partial charge in [-0.2, -0.15) is 5.10 Å². The van der Waals surface area contributed by atoms with Gasteiger partial charge >= 0.3 is 0 Å². The van der Waals surface area contributed by atoms with Gasteiger partial charge in [-0.1, -0.05) is 18.2 Å². The normalized spacial score (nSPS) is 10.4. The second kappa shape index (κ2) is 7.69. The topological polar surface area (TPSA) is 65.4 Å². The number of ether oxygens (including phenoxy) is 2. The third-order valence-corrected chi connectivity index (χ3v) is 3.83. The van der Waals surface area contributed by atoms with E-state index in [1.165, 1.54) is 26.5 Å². The minimum atomic E-state index is -0.309. The highest BCUT2D eigenvalue weighted by molar-refractivity contribution is 6.04. The highest BCUT2D eigenvalue weighted by Crippen LogP contribution is 2.27. The number of rotatable bonds is 6. The molecule has 0 spiro atoms. The van der Waals surface area contributed by atoms with Crippen LogP contribution in [-0.4, -0.2) is 29.9 Å². The van der Waals surface area contributed by atoms with Gasteiger partial charge in [-0.15, -0.1) is 0 Å². The molecule has 1 heterocycles. The standard InChI is InChI=1S/C19H18FN3O3/c1-25-17-8-7-13(9-18(17)26-2)19(24)22-15-10-21-23(12-15)11-14-5-3-4-6-16(14)20/h3-10,12H,11H2,1-2H3,(H,22,24). The van der Waals surface area contributed by atoms with Crippen molar-refractivity contribution in [2.75, 3.05) is 19.5 Å². The van der Waals surface area contributed by atoms with E-state index < -0.39 is 0 Å². The average Bonchev–Trinajstić information content (AvgIpc) is 3.09. The Morgan fingerprint density at radius 3 is 2.65 bits per heavy atom. The number of halogens is 1. The number of carbonyl (C=O) groups is 1. The lowest BCUT2D eigenvalue weighted by Gasteiger charge is -2.09. The summed E-state index contributed by atoms with van der Waals surface area (Å²) in [5.41, 5.74) is 1.46. The molecule has 134 valence electrons. The maximum Gasteiger partial charge on any atom is 0.255 e. The molecule has 0 atom stereocenters. The Morgan fingerprint density at radius 1 is 1.15 bits per heavy atom. The zero-order valence-corrected chi connectivity index (χ0v) is 14.4. The lowest BCUT2D eigenvalue weighted by atomic mass is 10.2. The highest BCUT2D eigenvalue weighted by Gasteiger charge is 2.12. The summed E-state index contributed by atoms with van der Waals surface area (Å²) < 4.78 is 25.6. The first-order valence-corrected chi connectivity index (χ1v) is 7.90. The average molecular weight is 355 g/mol. The van der Waals surface area contributed by atoms with Crippen molar-refractivity contribution < 1.29 is 18.7 Å². The fraction of sp³-hybridized carbons (Fsp3) is 0.158. The number of nitrogens with zero attached hydrogens (tertiary/aromatic N) is 2. The number of amides is 1. The van der Waals surface area contributed by atoms with Gasteiger partial charge in [0, 0.05) is 17.3 Å². The number of benzene rings is 2. The maximum absolute atomic E-state index is 13.7. The summed E-state index contributed by atoms with van der Waals surface area (Å²) >= 11 is 0. The Balaban J connectivity index is 1.71. The summed E-state index contributed by atoms with van der Waals surface area (Å²) in [7, 11) is 3.04. The van der Waals surface area contributed by atoms with Crippen molar-refractivity contribution in [3.05, 3.63) is 71.8 Å². The van der Waals surface area contributed by atoms with Crippen LogP contribution in [0.4, 0.5) is 10.1 Å². The molecule has 1 N–H and O–H groups in total.